The number of aromatic nitrogens is 3. The van der Waals surface area contributed by atoms with Crippen molar-refractivity contribution in [2.45, 2.75) is 32.1 Å². The smallest absolute Gasteiger partial charge is 0.277 e. The molecule has 0 unspecified atom stereocenters. The molecular formula is C27H35N7O4. The molecule has 38 heavy (non-hydrogen) atoms. The van der Waals surface area contributed by atoms with Gasteiger partial charge in [0, 0.05) is 68.3 Å². The molecule has 3 N–H and O–H groups in total. The first-order chi connectivity index (χ1) is 18.6. The molecule has 0 saturated carbocycles. The predicted octanol–water partition coefficient (Wildman–Crippen LogP) is 3.48. The van der Waals surface area contributed by atoms with E-state index >= 15 is 0 Å². The lowest BCUT2D eigenvalue weighted by molar-refractivity contribution is 0.0705. The number of rotatable bonds is 8. The number of methoxy groups -OCH3 is 2. The molecule has 0 spiro atoms. The van der Waals surface area contributed by atoms with Gasteiger partial charge in [-0.25, -0.2) is 20.4 Å². The van der Waals surface area contributed by atoms with Gasteiger partial charge in [-0.15, -0.1) is 0 Å². The van der Waals surface area contributed by atoms with Gasteiger partial charge >= 0.3 is 0 Å². The Bertz CT molecular complexity index is 1260. The minimum absolute atomic E-state index is 0.220. The molecule has 3 aromatic rings. The molecule has 11 nitrogen and oxygen atoms in total. The van der Waals surface area contributed by atoms with Crippen molar-refractivity contribution in [3.05, 3.63) is 36.2 Å². The van der Waals surface area contributed by atoms with Crippen molar-refractivity contribution in [1.29, 1.82) is 0 Å². The van der Waals surface area contributed by atoms with Crippen LogP contribution in [0.15, 0.2) is 30.6 Å². The van der Waals surface area contributed by atoms with E-state index in [4.69, 9.17) is 19.7 Å². The molecule has 5 rings (SSSR count). The Morgan fingerprint density at radius 1 is 0.974 bits per heavy atom. The number of carbonyl (C=O) groups is 1. The van der Waals surface area contributed by atoms with Crippen LogP contribution in [0.5, 0.6) is 11.5 Å². The van der Waals surface area contributed by atoms with Crippen LogP contribution in [0.2, 0.25) is 0 Å². The molecule has 202 valence electrons. The second-order valence-corrected chi connectivity index (χ2v) is 9.82. The number of fused-ring (bicyclic) bond motifs is 1. The third-order valence-corrected chi connectivity index (χ3v) is 7.46. The highest BCUT2D eigenvalue weighted by molar-refractivity contribution is 5.95. The molecule has 2 fully saturated rings. The number of nitrogens with zero attached hydrogens (tertiary/aromatic N) is 5. The van der Waals surface area contributed by atoms with E-state index in [9.17, 15) is 4.79 Å². The summed E-state index contributed by atoms with van der Waals surface area (Å²) in [5, 5.41) is 13.5. The SMILES string of the molecule is COc1cc2nc(N3CCCCC3)cc(NCC3CCN(c4ncc(C(=O)NO)cn4)CC3)c2cc1OC. The van der Waals surface area contributed by atoms with Crippen LogP contribution in [0.4, 0.5) is 17.5 Å². The first-order valence-electron chi connectivity index (χ1n) is 13.2. The molecule has 0 bridgehead atoms. The van der Waals surface area contributed by atoms with E-state index in [0.29, 0.717) is 23.4 Å². The van der Waals surface area contributed by atoms with E-state index in [1.165, 1.54) is 31.7 Å². The molecule has 0 aliphatic carbocycles. The second kappa shape index (κ2) is 11.7. The predicted molar refractivity (Wildman–Crippen MR) is 146 cm³/mol. The lowest BCUT2D eigenvalue weighted by atomic mass is 9.96. The van der Waals surface area contributed by atoms with E-state index in [0.717, 1.165) is 68.0 Å². The molecule has 11 heteroatoms. The average Bonchev–Trinajstić information content (AvgIpc) is 2.99. The molecule has 1 aromatic carbocycles. The first kappa shape index (κ1) is 25.8. The first-order valence-corrected chi connectivity index (χ1v) is 13.2. The Balaban J connectivity index is 1.29. The van der Waals surface area contributed by atoms with Crippen LogP contribution in [0.25, 0.3) is 10.9 Å². The molecule has 1 amide bonds. The Morgan fingerprint density at radius 2 is 1.66 bits per heavy atom. The van der Waals surface area contributed by atoms with Crippen LogP contribution >= 0.6 is 0 Å². The van der Waals surface area contributed by atoms with E-state index in [-0.39, 0.29) is 5.56 Å². The Kier molecular flexibility index (Phi) is 7.92. The number of carbonyl (C=O) groups excluding carboxylic acids is 1. The minimum atomic E-state index is -0.621. The van der Waals surface area contributed by atoms with Crippen molar-refractivity contribution in [2.75, 3.05) is 62.1 Å². The monoisotopic (exact) mass is 521 g/mol. The van der Waals surface area contributed by atoms with Crippen LogP contribution in [-0.4, -0.2) is 73.0 Å². The zero-order valence-corrected chi connectivity index (χ0v) is 21.9. The van der Waals surface area contributed by atoms with Crippen LogP contribution in [0.1, 0.15) is 42.5 Å². The van der Waals surface area contributed by atoms with Gasteiger partial charge in [0.15, 0.2) is 11.5 Å². The Morgan fingerprint density at radius 3 is 2.32 bits per heavy atom. The Labute approximate surface area is 222 Å². The lowest BCUT2D eigenvalue weighted by Crippen LogP contribution is -2.37. The number of hydrogen-bond acceptors (Lipinski definition) is 10. The highest BCUT2D eigenvalue weighted by Gasteiger charge is 2.22. The summed E-state index contributed by atoms with van der Waals surface area (Å²) in [6.07, 6.45) is 8.50. The molecular weight excluding hydrogens is 486 g/mol. The average molecular weight is 522 g/mol. The minimum Gasteiger partial charge on any atom is -0.493 e. The summed E-state index contributed by atoms with van der Waals surface area (Å²) < 4.78 is 11.1. The number of hydroxylamine groups is 1. The number of amides is 1. The van der Waals surface area contributed by atoms with E-state index < -0.39 is 5.91 Å². The van der Waals surface area contributed by atoms with Gasteiger partial charge < -0.3 is 24.6 Å². The number of piperidine rings is 2. The number of ether oxygens (including phenoxy) is 2. The van der Waals surface area contributed by atoms with Gasteiger partial charge in [0.25, 0.3) is 5.91 Å². The standard InChI is InChI=1S/C27H35N7O4/c1-37-23-12-20-21(14-25(33-8-4-3-5-9-33)31-22(20)13-24(23)38-2)28-15-18-6-10-34(11-7-18)27-29-16-19(17-30-27)26(35)32-36/h12-14,16-18,36H,3-11,15H2,1-2H3,(H,28,31)(H,32,35). The highest BCUT2D eigenvalue weighted by Crippen LogP contribution is 2.37. The number of nitrogens with one attached hydrogen (secondary N) is 2. The summed E-state index contributed by atoms with van der Waals surface area (Å²) in [7, 11) is 3.30. The second-order valence-electron chi connectivity index (χ2n) is 9.82. The molecule has 2 aliphatic heterocycles. The van der Waals surface area contributed by atoms with E-state index in [1.54, 1.807) is 19.7 Å². The van der Waals surface area contributed by atoms with E-state index in [2.05, 4.69) is 31.2 Å². The van der Waals surface area contributed by atoms with Crippen LogP contribution < -0.4 is 30.1 Å². The molecule has 2 aromatic heterocycles. The summed E-state index contributed by atoms with van der Waals surface area (Å²) in [5.41, 5.74) is 3.76. The van der Waals surface area contributed by atoms with E-state index in [1.807, 2.05) is 12.1 Å². The number of benzene rings is 1. The van der Waals surface area contributed by atoms with Gasteiger partial charge in [0.05, 0.1) is 25.3 Å². The number of pyridine rings is 1. The van der Waals surface area contributed by atoms with Crippen LogP contribution in [-0.2, 0) is 0 Å². The Hall–Kier alpha value is -3.86. The van der Waals surface area contributed by atoms with Crippen molar-refractivity contribution in [3.63, 3.8) is 0 Å². The summed E-state index contributed by atoms with van der Waals surface area (Å²) in [5.74, 6) is 2.83. The largest absolute Gasteiger partial charge is 0.493 e. The molecule has 2 saturated heterocycles. The van der Waals surface area contributed by atoms with Gasteiger partial charge in [-0.2, -0.15) is 0 Å². The van der Waals surface area contributed by atoms with Crippen molar-refractivity contribution < 1.29 is 19.5 Å². The zero-order chi connectivity index (χ0) is 26.5. The maximum Gasteiger partial charge on any atom is 0.277 e. The van der Waals surface area contributed by atoms with Gasteiger partial charge in [0.2, 0.25) is 5.95 Å². The fourth-order valence-corrected chi connectivity index (χ4v) is 5.23. The van der Waals surface area contributed by atoms with Crippen molar-refractivity contribution in [3.8, 4) is 11.5 Å². The maximum absolute atomic E-state index is 11.5. The van der Waals surface area contributed by atoms with Gasteiger partial charge in [-0.1, -0.05) is 0 Å². The summed E-state index contributed by atoms with van der Waals surface area (Å²) in [6, 6.07) is 6.14. The van der Waals surface area contributed by atoms with Crippen molar-refractivity contribution in [1.82, 2.24) is 20.4 Å². The third kappa shape index (κ3) is 5.52. The molecule has 0 radical (unpaired) electrons. The van der Waals surface area contributed by atoms with Gasteiger partial charge in [-0.3, -0.25) is 10.0 Å². The molecule has 2 aliphatic rings. The fraction of sp³-hybridized carbons (Fsp3) is 0.481. The van der Waals surface area contributed by atoms with Gasteiger partial charge in [0.1, 0.15) is 5.82 Å². The van der Waals surface area contributed by atoms with Crippen LogP contribution in [0.3, 0.4) is 0 Å². The lowest BCUT2D eigenvalue weighted by Gasteiger charge is -2.32. The topological polar surface area (TPSA) is 125 Å². The zero-order valence-electron chi connectivity index (χ0n) is 21.9. The van der Waals surface area contributed by atoms with Crippen molar-refractivity contribution >= 4 is 34.3 Å². The van der Waals surface area contributed by atoms with Gasteiger partial charge in [-0.05, 0) is 44.1 Å². The van der Waals surface area contributed by atoms with Crippen molar-refractivity contribution in [2.24, 2.45) is 5.92 Å². The maximum atomic E-state index is 11.5. The molecule has 4 heterocycles. The number of hydrogen-bond donors (Lipinski definition) is 3. The number of anilines is 3. The quantitative estimate of drug-likeness (QED) is 0.300. The summed E-state index contributed by atoms with van der Waals surface area (Å²) in [6.45, 7) is 4.56. The van der Waals surface area contributed by atoms with Crippen LogP contribution in [0, 0.1) is 5.92 Å². The third-order valence-electron chi connectivity index (χ3n) is 7.46. The fourth-order valence-electron chi connectivity index (χ4n) is 5.23. The highest BCUT2D eigenvalue weighted by atomic mass is 16.5. The summed E-state index contributed by atoms with van der Waals surface area (Å²) >= 11 is 0. The summed E-state index contributed by atoms with van der Waals surface area (Å²) in [4.78, 5) is 29.6. The normalized spacial score (nSPS) is 16.4. The molecule has 0 atom stereocenters.